The number of nitrogen functional groups attached to an aromatic ring is 2. The van der Waals surface area contributed by atoms with Gasteiger partial charge in [0, 0.05) is 31.7 Å². The van der Waals surface area contributed by atoms with E-state index in [1.807, 2.05) is 50.1 Å². The molecule has 3 heterocycles. The number of nitrogens with one attached hydrogen (secondary N) is 2. The molecule has 1 amide bonds. The Labute approximate surface area is 219 Å². The molecule has 2 aliphatic heterocycles. The Kier molecular flexibility index (Phi) is 6.83. The molecule has 6 N–H and O–H groups in total. The number of fused-ring (bicyclic) bond motifs is 1. The van der Waals surface area contributed by atoms with Crippen molar-refractivity contribution in [3.05, 3.63) is 40.5 Å². The predicted molar refractivity (Wildman–Crippen MR) is 141 cm³/mol. The second-order valence-electron chi connectivity index (χ2n) is 9.74. The molecule has 1 saturated heterocycles. The number of benzene rings is 1. The van der Waals surface area contributed by atoms with Crippen molar-refractivity contribution in [3.8, 4) is 18.3 Å². The lowest BCUT2D eigenvalue weighted by molar-refractivity contribution is 0.0240. The molecule has 1 aromatic heterocycles. The van der Waals surface area contributed by atoms with E-state index in [0.717, 1.165) is 5.69 Å². The van der Waals surface area contributed by atoms with Crippen LogP contribution in [0.25, 0.3) is 0 Å². The molecule has 1 unspecified atom stereocenters. The van der Waals surface area contributed by atoms with Gasteiger partial charge in [0.25, 0.3) is 0 Å². The first-order valence-electron chi connectivity index (χ1n) is 11.8. The number of nitriles is 3. The largest absolute Gasteiger partial charge is 0.444 e. The van der Waals surface area contributed by atoms with Gasteiger partial charge < -0.3 is 31.3 Å². The minimum atomic E-state index is -0.757. The van der Waals surface area contributed by atoms with Gasteiger partial charge in [0.15, 0.2) is 6.19 Å². The quantitative estimate of drug-likeness (QED) is 0.337. The van der Waals surface area contributed by atoms with Crippen LogP contribution in [0.3, 0.4) is 0 Å². The number of rotatable bonds is 2. The minimum Gasteiger partial charge on any atom is -0.444 e. The van der Waals surface area contributed by atoms with E-state index in [2.05, 4.69) is 26.7 Å². The molecule has 0 spiro atoms. The van der Waals surface area contributed by atoms with Gasteiger partial charge in [-0.3, -0.25) is 5.32 Å². The third-order valence-electron chi connectivity index (χ3n) is 6.09. The van der Waals surface area contributed by atoms with Gasteiger partial charge in [-0.1, -0.05) is 6.07 Å². The Balaban J connectivity index is 1.65. The molecule has 38 heavy (non-hydrogen) atoms. The summed E-state index contributed by atoms with van der Waals surface area (Å²) in [6, 6.07) is 8.78. The number of carbonyl (C=O) groups is 1. The molecule has 0 bridgehead atoms. The summed E-state index contributed by atoms with van der Waals surface area (Å²) in [6.07, 6.45) is 1.45. The van der Waals surface area contributed by atoms with Crippen LogP contribution in [0.5, 0.6) is 0 Å². The number of nitrogens with two attached hydrogens (primary N) is 2. The highest BCUT2D eigenvalue weighted by atomic mass is 16.6. The van der Waals surface area contributed by atoms with E-state index in [9.17, 15) is 15.3 Å². The molecular formula is C25H27N11O2. The number of hydrogen-bond acceptors (Lipinski definition) is 12. The number of aromatic nitrogens is 1. The van der Waals surface area contributed by atoms with Crippen molar-refractivity contribution in [2.75, 3.05) is 47.9 Å². The van der Waals surface area contributed by atoms with E-state index in [1.165, 1.54) is 0 Å². The topological polar surface area (TPSA) is 206 Å². The van der Waals surface area contributed by atoms with Crippen LogP contribution in [-0.2, 0) is 4.74 Å². The molecule has 0 radical (unpaired) electrons. The zero-order valence-electron chi connectivity index (χ0n) is 21.2. The summed E-state index contributed by atoms with van der Waals surface area (Å²) in [5.41, 5.74) is 13.9. The number of guanidine groups is 1. The average Bonchev–Trinajstić information content (AvgIpc) is 2.87. The van der Waals surface area contributed by atoms with Gasteiger partial charge in [-0.2, -0.15) is 15.8 Å². The minimum absolute atomic E-state index is 0.0300. The molecule has 4 rings (SSSR count). The first-order valence-corrected chi connectivity index (χ1v) is 11.8. The van der Waals surface area contributed by atoms with Crippen molar-refractivity contribution >= 4 is 35.1 Å². The zero-order valence-corrected chi connectivity index (χ0v) is 21.2. The summed E-state index contributed by atoms with van der Waals surface area (Å²) >= 11 is 0. The van der Waals surface area contributed by atoms with Crippen molar-refractivity contribution in [2.45, 2.75) is 32.4 Å². The summed E-state index contributed by atoms with van der Waals surface area (Å²) in [5, 5.41) is 33.9. The third kappa shape index (κ3) is 5.01. The third-order valence-corrected chi connectivity index (χ3v) is 6.09. The number of piperazine rings is 1. The number of ether oxygens (including phenoxy) is 1. The second-order valence-corrected chi connectivity index (χ2v) is 9.74. The fraction of sp³-hybridized carbons (Fsp3) is 0.360. The lowest BCUT2D eigenvalue weighted by atomic mass is 9.93. The maximum Gasteiger partial charge on any atom is 0.410 e. The summed E-state index contributed by atoms with van der Waals surface area (Å²) in [5.74, 6) is 0.339. The first-order chi connectivity index (χ1) is 18.1. The van der Waals surface area contributed by atoms with Crippen molar-refractivity contribution < 1.29 is 9.53 Å². The van der Waals surface area contributed by atoms with E-state index in [1.54, 1.807) is 11.0 Å². The van der Waals surface area contributed by atoms with Crippen LogP contribution in [0.2, 0.25) is 0 Å². The highest BCUT2D eigenvalue weighted by Crippen LogP contribution is 2.41. The number of nitrogens with zero attached hydrogens (tertiary/aromatic N) is 7. The Morgan fingerprint density at radius 2 is 1.87 bits per heavy atom. The fourth-order valence-corrected chi connectivity index (χ4v) is 4.37. The van der Waals surface area contributed by atoms with Crippen molar-refractivity contribution in [3.63, 3.8) is 0 Å². The Morgan fingerprint density at radius 1 is 1.16 bits per heavy atom. The molecule has 1 atom stereocenters. The van der Waals surface area contributed by atoms with E-state index >= 15 is 0 Å². The highest BCUT2D eigenvalue weighted by Gasteiger charge is 2.31. The molecular weight excluding hydrogens is 486 g/mol. The Bertz CT molecular complexity index is 1430. The number of aliphatic imine (C=N–C) groups is 1. The van der Waals surface area contributed by atoms with Gasteiger partial charge in [0.2, 0.25) is 5.96 Å². The summed E-state index contributed by atoms with van der Waals surface area (Å²) in [6.45, 7) is 7.44. The van der Waals surface area contributed by atoms with Crippen LogP contribution < -0.4 is 27.0 Å². The molecule has 0 aliphatic carbocycles. The fourth-order valence-electron chi connectivity index (χ4n) is 4.37. The predicted octanol–water partition coefficient (Wildman–Crippen LogP) is 1.99. The summed E-state index contributed by atoms with van der Waals surface area (Å²) in [7, 11) is 0. The second kappa shape index (κ2) is 10.0. The zero-order chi connectivity index (χ0) is 27.6. The Hall–Kier alpha value is -5.22. The maximum absolute atomic E-state index is 12.4. The van der Waals surface area contributed by atoms with Crippen molar-refractivity contribution in [1.82, 2.24) is 15.2 Å². The molecule has 1 fully saturated rings. The number of hydrogen-bond donors (Lipinski definition) is 4. The van der Waals surface area contributed by atoms with E-state index in [4.69, 9.17) is 21.5 Å². The van der Waals surface area contributed by atoms with Gasteiger partial charge in [0.1, 0.15) is 41.0 Å². The van der Waals surface area contributed by atoms with Crippen molar-refractivity contribution in [2.24, 2.45) is 4.99 Å². The van der Waals surface area contributed by atoms with Crippen LogP contribution in [0.4, 0.5) is 27.8 Å². The molecule has 2 aromatic rings. The Morgan fingerprint density at radius 3 is 2.47 bits per heavy atom. The monoisotopic (exact) mass is 513 g/mol. The van der Waals surface area contributed by atoms with Gasteiger partial charge >= 0.3 is 6.09 Å². The highest BCUT2D eigenvalue weighted by molar-refractivity contribution is 5.98. The molecule has 194 valence electrons. The van der Waals surface area contributed by atoms with Gasteiger partial charge in [0.05, 0.1) is 16.9 Å². The lowest BCUT2D eigenvalue weighted by Crippen LogP contribution is -2.50. The van der Waals surface area contributed by atoms with Gasteiger partial charge in [-0.05, 0) is 38.5 Å². The van der Waals surface area contributed by atoms with E-state index < -0.39 is 11.6 Å². The normalized spacial score (nSPS) is 16.6. The van der Waals surface area contributed by atoms with E-state index in [-0.39, 0.29) is 34.9 Å². The van der Waals surface area contributed by atoms with Crippen LogP contribution in [0, 0.1) is 34.1 Å². The summed E-state index contributed by atoms with van der Waals surface area (Å²) in [4.78, 5) is 24.9. The SMILES string of the molecule is CC(C)(C)OC(=O)N1CCN(c2ccc(C3N=C(NC#N)Nc4nc(N)c(C#N)c(N)c43)cc2C#N)CC1. The standard InChI is InChI=1S/C25H27N11O2/c1-25(2,3)38-24(37)36-8-6-35(7-9-36)17-5-4-14(10-15(17)11-26)20-18-19(29)16(12-27)21(30)33-22(18)34-23(32-20)31-13-28/h4-5,10,20H,6-9H2,1-3H3,(H6,29,30,31,32,33,34). The van der Waals surface area contributed by atoms with E-state index in [0.29, 0.717) is 42.9 Å². The van der Waals surface area contributed by atoms with Gasteiger partial charge in [-0.15, -0.1) is 0 Å². The number of carbonyl (C=O) groups excluding carboxylic acids is 1. The smallest absolute Gasteiger partial charge is 0.410 e. The number of amides is 1. The maximum atomic E-state index is 12.4. The van der Waals surface area contributed by atoms with Crippen LogP contribution in [0.1, 0.15) is 49.1 Å². The molecule has 0 saturated carbocycles. The molecule has 1 aromatic carbocycles. The average molecular weight is 514 g/mol. The number of pyridine rings is 1. The number of anilines is 4. The lowest BCUT2D eigenvalue weighted by Gasteiger charge is -2.37. The molecule has 2 aliphatic rings. The van der Waals surface area contributed by atoms with Crippen molar-refractivity contribution in [1.29, 1.82) is 15.8 Å². The molecule has 13 heteroatoms. The summed E-state index contributed by atoms with van der Waals surface area (Å²) < 4.78 is 5.46. The van der Waals surface area contributed by atoms with Crippen LogP contribution >= 0.6 is 0 Å². The van der Waals surface area contributed by atoms with Gasteiger partial charge in [-0.25, -0.2) is 14.8 Å². The first kappa shape index (κ1) is 25.9. The molecule has 13 nitrogen and oxygen atoms in total. The van der Waals surface area contributed by atoms with Crippen LogP contribution in [0.15, 0.2) is 23.2 Å². The van der Waals surface area contributed by atoms with Crippen LogP contribution in [-0.4, -0.2) is 53.7 Å².